The normalized spacial score (nSPS) is 10.5. The summed E-state index contributed by atoms with van der Waals surface area (Å²) in [5.74, 6) is 0.170. The second-order valence-corrected chi connectivity index (χ2v) is 7.86. The molecule has 0 fully saturated rings. The predicted octanol–water partition coefficient (Wildman–Crippen LogP) is 4.73. The zero-order valence-electron chi connectivity index (χ0n) is 16.9. The number of hydrogen-bond donors (Lipinski definition) is 1. The van der Waals surface area contributed by atoms with Gasteiger partial charge in [0.2, 0.25) is 5.91 Å². The summed E-state index contributed by atoms with van der Waals surface area (Å²) in [6, 6.07) is 24.7. The molecule has 0 aliphatic rings. The van der Waals surface area contributed by atoms with Gasteiger partial charge in [-0.2, -0.15) is 5.26 Å². The Hall–Kier alpha value is -3.96. The van der Waals surface area contributed by atoms with Gasteiger partial charge in [-0.1, -0.05) is 48.2 Å². The minimum atomic E-state index is -0.324. The van der Waals surface area contributed by atoms with E-state index < -0.39 is 0 Å². The van der Waals surface area contributed by atoms with Crippen molar-refractivity contribution in [2.24, 2.45) is 0 Å². The van der Waals surface area contributed by atoms with Crippen molar-refractivity contribution < 1.29 is 9.18 Å². The number of rotatable bonds is 7. The van der Waals surface area contributed by atoms with Crippen LogP contribution in [0.3, 0.4) is 0 Å². The number of carbonyl (C=O) groups is 1. The highest BCUT2D eigenvalue weighted by atomic mass is 32.2. The van der Waals surface area contributed by atoms with Gasteiger partial charge in [0.25, 0.3) is 0 Å². The van der Waals surface area contributed by atoms with Gasteiger partial charge in [-0.15, -0.1) is 10.2 Å². The molecule has 0 spiro atoms. The summed E-state index contributed by atoms with van der Waals surface area (Å²) in [5.41, 5.74) is 2.82. The maximum absolute atomic E-state index is 13.4. The fourth-order valence-electron chi connectivity index (χ4n) is 3.11. The van der Waals surface area contributed by atoms with Crippen molar-refractivity contribution in [2.45, 2.75) is 11.7 Å². The number of nitrogens with zero attached hydrogens (tertiary/aromatic N) is 4. The SMILES string of the molecule is N#Cc1cccc(NC(=O)CSc2nnc(-c3ccc(F)cc3)n2Cc2ccccc2)c1. The molecule has 8 heteroatoms. The fourth-order valence-corrected chi connectivity index (χ4v) is 3.85. The summed E-state index contributed by atoms with van der Waals surface area (Å²) >= 11 is 1.26. The Balaban J connectivity index is 1.54. The Kier molecular flexibility index (Phi) is 6.58. The standard InChI is InChI=1S/C24H18FN5OS/c25-20-11-9-19(10-12-20)23-28-29-24(30(23)15-17-5-2-1-3-6-17)32-16-22(31)27-21-8-4-7-18(13-21)14-26/h1-13H,15-16H2,(H,27,31). The molecule has 1 aromatic heterocycles. The van der Waals surface area contributed by atoms with E-state index in [0.717, 1.165) is 11.1 Å². The molecule has 0 aliphatic carbocycles. The van der Waals surface area contributed by atoms with Crippen molar-refractivity contribution in [3.63, 3.8) is 0 Å². The minimum absolute atomic E-state index is 0.118. The Morgan fingerprint density at radius 2 is 1.81 bits per heavy atom. The van der Waals surface area contributed by atoms with Crippen molar-refractivity contribution in [2.75, 3.05) is 11.1 Å². The van der Waals surface area contributed by atoms with E-state index in [1.165, 1.54) is 23.9 Å². The molecule has 0 unspecified atom stereocenters. The molecule has 0 saturated heterocycles. The smallest absolute Gasteiger partial charge is 0.234 e. The lowest BCUT2D eigenvalue weighted by Gasteiger charge is -2.11. The highest BCUT2D eigenvalue weighted by Gasteiger charge is 2.16. The minimum Gasteiger partial charge on any atom is -0.325 e. The first-order valence-electron chi connectivity index (χ1n) is 9.78. The van der Waals surface area contributed by atoms with Gasteiger partial charge in [0.1, 0.15) is 5.82 Å². The molecule has 1 heterocycles. The van der Waals surface area contributed by atoms with Crippen molar-refractivity contribution in [1.82, 2.24) is 14.8 Å². The van der Waals surface area contributed by atoms with Gasteiger partial charge in [-0.25, -0.2) is 4.39 Å². The number of hydrogen-bond acceptors (Lipinski definition) is 5. The summed E-state index contributed by atoms with van der Waals surface area (Å²) in [4.78, 5) is 12.5. The van der Waals surface area contributed by atoms with Crippen LogP contribution in [-0.2, 0) is 11.3 Å². The highest BCUT2D eigenvalue weighted by molar-refractivity contribution is 7.99. The lowest BCUT2D eigenvalue weighted by Crippen LogP contribution is -2.15. The van der Waals surface area contributed by atoms with Gasteiger partial charge in [-0.05, 0) is 48.0 Å². The van der Waals surface area contributed by atoms with Crippen LogP contribution in [0, 0.1) is 17.1 Å². The number of aromatic nitrogens is 3. The molecule has 4 rings (SSSR count). The van der Waals surface area contributed by atoms with E-state index in [0.29, 0.717) is 28.8 Å². The molecule has 0 radical (unpaired) electrons. The summed E-state index contributed by atoms with van der Waals surface area (Å²) in [6.07, 6.45) is 0. The lowest BCUT2D eigenvalue weighted by molar-refractivity contribution is -0.113. The van der Waals surface area contributed by atoms with E-state index in [1.54, 1.807) is 36.4 Å². The molecule has 3 aromatic carbocycles. The summed E-state index contributed by atoms with van der Waals surface area (Å²) in [5, 5.41) is 20.9. The molecule has 1 N–H and O–H groups in total. The number of thioether (sulfide) groups is 1. The number of anilines is 1. The lowest BCUT2D eigenvalue weighted by atomic mass is 10.2. The number of nitriles is 1. The molecule has 6 nitrogen and oxygen atoms in total. The maximum atomic E-state index is 13.4. The van der Waals surface area contributed by atoms with Crippen molar-refractivity contribution >= 4 is 23.4 Å². The maximum Gasteiger partial charge on any atom is 0.234 e. The first-order chi connectivity index (χ1) is 15.6. The summed E-state index contributed by atoms with van der Waals surface area (Å²) in [7, 11) is 0. The van der Waals surface area contributed by atoms with Crippen molar-refractivity contribution in [1.29, 1.82) is 5.26 Å². The van der Waals surface area contributed by atoms with Crippen molar-refractivity contribution in [3.05, 3.63) is 95.8 Å². The van der Waals surface area contributed by atoms with E-state index in [4.69, 9.17) is 5.26 Å². The third-order valence-electron chi connectivity index (χ3n) is 4.61. The zero-order chi connectivity index (χ0) is 22.3. The predicted molar refractivity (Wildman–Crippen MR) is 121 cm³/mol. The van der Waals surface area contributed by atoms with E-state index in [9.17, 15) is 9.18 Å². The van der Waals surface area contributed by atoms with Crippen LogP contribution in [-0.4, -0.2) is 26.4 Å². The molecule has 0 bridgehead atoms. The van der Waals surface area contributed by atoms with Crippen LogP contribution in [0.5, 0.6) is 0 Å². The van der Waals surface area contributed by atoms with Crippen LogP contribution in [0.1, 0.15) is 11.1 Å². The molecule has 4 aromatic rings. The molecule has 0 saturated carbocycles. The van der Waals surface area contributed by atoms with Gasteiger partial charge in [0.05, 0.1) is 23.9 Å². The van der Waals surface area contributed by atoms with E-state index in [-0.39, 0.29) is 17.5 Å². The van der Waals surface area contributed by atoms with Crippen LogP contribution in [0.15, 0.2) is 84.0 Å². The number of halogens is 1. The second-order valence-electron chi connectivity index (χ2n) is 6.91. The van der Waals surface area contributed by atoms with E-state index >= 15 is 0 Å². The van der Waals surface area contributed by atoms with Gasteiger partial charge in [0.15, 0.2) is 11.0 Å². The summed E-state index contributed by atoms with van der Waals surface area (Å²) < 4.78 is 15.3. The molecule has 32 heavy (non-hydrogen) atoms. The van der Waals surface area contributed by atoms with E-state index in [1.807, 2.05) is 41.0 Å². The third kappa shape index (κ3) is 5.20. The second kappa shape index (κ2) is 9.90. The van der Waals surface area contributed by atoms with Gasteiger partial charge < -0.3 is 5.32 Å². The molecular weight excluding hydrogens is 425 g/mol. The largest absolute Gasteiger partial charge is 0.325 e. The Morgan fingerprint density at radius 1 is 1.03 bits per heavy atom. The number of carbonyl (C=O) groups excluding carboxylic acids is 1. The molecule has 0 atom stereocenters. The number of nitrogens with one attached hydrogen (secondary N) is 1. The first-order valence-corrected chi connectivity index (χ1v) is 10.8. The number of amides is 1. The highest BCUT2D eigenvalue weighted by Crippen LogP contribution is 2.25. The fraction of sp³-hybridized carbons (Fsp3) is 0.0833. The van der Waals surface area contributed by atoms with Crippen LogP contribution >= 0.6 is 11.8 Å². The third-order valence-corrected chi connectivity index (χ3v) is 5.58. The van der Waals surface area contributed by atoms with Gasteiger partial charge in [0, 0.05) is 11.3 Å². The van der Waals surface area contributed by atoms with Crippen LogP contribution in [0.4, 0.5) is 10.1 Å². The quantitative estimate of drug-likeness (QED) is 0.417. The molecule has 1 amide bonds. The molecular formula is C24H18FN5OS. The van der Waals surface area contributed by atoms with Crippen LogP contribution in [0.25, 0.3) is 11.4 Å². The first kappa shape index (κ1) is 21.3. The average molecular weight is 444 g/mol. The average Bonchev–Trinajstić information content (AvgIpc) is 3.21. The zero-order valence-corrected chi connectivity index (χ0v) is 17.7. The Morgan fingerprint density at radius 3 is 2.56 bits per heavy atom. The van der Waals surface area contributed by atoms with Gasteiger partial charge >= 0.3 is 0 Å². The molecule has 0 aliphatic heterocycles. The van der Waals surface area contributed by atoms with E-state index in [2.05, 4.69) is 15.5 Å². The van der Waals surface area contributed by atoms with Crippen LogP contribution in [0.2, 0.25) is 0 Å². The Labute approximate surface area is 188 Å². The topological polar surface area (TPSA) is 83.6 Å². The molecule has 158 valence electrons. The van der Waals surface area contributed by atoms with Crippen molar-refractivity contribution in [3.8, 4) is 17.5 Å². The Bertz CT molecular complexity index is 1270. The monoisotopic (exact) mass is 443 g/mol. The van der Waals surface area contributed by atoms with Gasteiger partial charge in [-0.3, -0.25) is 9.36 Å². The van der Waals surface area contributed by atoms with Crippen LogP contribution < -0.4 is 5.32 Å². The summed E-state index contributed by atoms with van der Waals surface area (Å²) in [6.45, 7) is 0.509. The number of benzene rings is 3.